The molecule has 4 rings (SSSR count). The Morgan fingerprint density at radius 1 is 1.17 bits per heavy atom. The van der Waals surface area contributed by atoms with Crippen molar-refractivity contribution in [1.29, 1.82) is 0 Å². The number of rotatable bonds is 5. The van der Waals surface area contributed by atoms with Crippen LogP contribution >= 0.6 is 11.8 Å². The molecule has 1 aliphatic heterocycles. The molecular weight excluding hydrogens is 404 g/mol. The third-order valence-electron chi connectivity index (χ3n) is 4.47. The quantitative estimate of drug-likeness (QED) is 0.613. The maximum Gasteiger partial charge on any atom is 0.293 e. The van der Waals surface area contributed by atoms with E-state index in [0.717, 1.165) is 22.2 Å². The fourth-order valence-electron chi connectivity index (χ4n) is 3.07. The summed E-state index contributed by atoms with van der Waals surface area (Å²) in [6, 6.07) is 11.7. The first-order valence-corrected chi connectivity index (χ1v) is 9.90. The van der Waals surface area contributed by atoms with E-state index in [1.165, 1.54) is 6.07 Å². The van der Waals surface area contributed by atoms with Crippen molar-refractivity contribution < 1.29 is 14.4 Å². The number of fused-ring (bicyclic) bond motifs is 1. The fraction of sp³-hybridized carbons (Fsp3) is 0.0952. The van der Waals surface area contributed by atoms with Gasteiger partial charge >= 0.3 is 0 Å². The van der Waals surface area contributed by atoms with Crippen LogP contribution in [-0.2, 0) is 4.79 Å². The Bertz CT molecular complexity index is 1240. The highest BCUT2D eigenvalue weighted by molar-refractivity contribution is 8.18. The van der Waals surface area contributed by atoms with Gasteiger partial charge in [-0.15, -0.1) is 0 Å². The molecule has 1 aromatic carbocycles. The molecule has 0 spiro atoms. The van der Waals surface area contributed by atoms with Crippen molar-refractivity contribution >= 4 is 45.8 Å². The predicted molar refractivity (Wildman–Crippen MR) is 114 cm³/mol. The molecule has 1 fully saturated rings. The Balaban J connectivity index is 1.43. The normalized spacial score (nSPS) is 15.2. The number of H-pyrrole nitrogens is 1. The number of thioether (sulfide) groups is 1. The minimum absolute atomic E-state index is 0.0297. The summed E-state index contributed by atoms with van der Waals surface area (Å²) in [7, 11) is 0. The van der Waals surface area contributed by atoms with E-state index in [2.05, 4.69) is 15.3 Å². The molecule has 150 valence electrons. The summed E-state index contributed by atoms with van der Waals surface area (Å²) in [5.41, 5.74) is 1.13. The highest BCUT2D eigenvalue weighted by Gasteiger charge is 2.34. The minimum atomic E-state index is -0.449. The van der Waals surface area contributed by atoms with E-state index in [9.17, 15) is 19.2 Å². The number of hydrogen-bond acceptors (Lipinski definition) is 6. The zero-order chi connectivity index (χ0) is 21.1. The predicted octanol–water partition coefficient (Wildman–Crippen LogP) is 2.39. The maximum absolute atomic E-state index is 12.6. The molecule has 2 N–H and O–H groups in total. The van der Waals surface area contributed by atoms with Crippen molar-refractivity contribution in [2.24, 2.45) is 0 Å². The number of nitrogens with zero attached hydrogens (tertiary/aromatic N) is 2. The van der Waals surface area contributed by atoms with E-state index in [1.54, 1.807) is 54.9 Å². The monoisotopic (exact) mass is 420 g/mol. The summed E-state index contributed by atoms with van der Waals surface area (Å²) in [6.45, 7) is 0.0973. The van der Waals surface area contributed by atoms with Gasteiger partial charge in [-0.25, -0.2) is 0 Å². The second-order valence-corrected chi connectivity index (χ2v) is 7.46. The van der Waals surface area contributed by atoms with Gasteiger partial charge in [0.05, 0.1) is 10.5 Å². The molecule has 0 saturated carbocycles. The molecule has 3 aromatic rings. The Hall–Kier alpha value is -3.72. The van der Waals surface area contributed by atoms with Crippen LogP contribution in [-0.4, -0.2) is 45.0 Å². The van der Waals surface area contributed by atoms with Crippen molar-refractivity contribution in [2.75, 3.05) is 13.1 Å². The van der Waals surface area contributed by atoms with Gasteiger partial charge in [0.25, 0.3) is 17.1 Å². The Labute approximate surface area is 175 Å². The second-order valence-electron chi connectivity index (χ2n) is 6.47. The molecule has 0 unspecified atom stereocenters. The number of nitrogens with one attached hydrogen (secondary N) is 2. The zero-order valence-corrected chi connectivity index (χ0v) is 16.4. The third-order valence-corrected chi connectivity index (χ3v) is 5.38. The van der Waals surface area contributed by atoms with Crippen molar-refractivity contribution in [1.82, 2.24) is 20.2 Å². The van der Waals surface area contributed by atoms with Crippen LogP contribution in [0.4, 0.5) is 4.79 Å². The smallest absolute Gasteiger partial charge is 0.293 e. The molecule has 8 nitrogen and oxygen atoms in total. The number of amides is 3. The van der Waals surface area contributed by atoms with Gasteiger partial charge in [0.15, 0.2) is 0 Å². The highest BCUT2D eigenvalue weighted by atomic mass is 32.2. The lowest BCUT2D eigenvalue weighted by atomic mass is 10.1. The number of benzene rings is 1. The van der Waals surface area contributed by atoms with Gasteiger partial charge in [0.1, 0.15) is 0 Å². The number of imide groups is 1. The van der Waals surface area contributed by atoms with Gasteiger partial charge in [-0.3, -0.25) is 29.1 Å². The average Bonchev–Trinajstić information content (AvgIpc) is 3.01. The molecular formula is C21H16N4O4S. The summed E-state index contributed by atoms with van der Waals surface area (Å²) in [5, 5.41) is 2.89. The molecule has 2 aromatic heterocycles. The Morgan fingerprint density at radius 2 is 2.00 bits per heavy atom. The zero-order valence-electron chi connectivity index (χ0n) is 15.6. The van der Waals surface area contributed by atoms with Gasteiger partial charge in [-0.1, -0.05) is 24.3 Å². The van der Waals surface area contributed by atoms with E-state index in [-0.39, 0.29) is 24.2 Å². The number of para-hydroxylation sites is 1. The van der Waals surface area contributed by atoms with Gasteiger partial charge < -0.3 is 10.3 Å². The summed E-state index contributed by atoms with van der Waals surface area (Å²) in [5.74, 6) is -0.861. The van der Waals surface area contributed by atoms with Crippen LogP contribution in [0.1, 0.15) is 15.9 Å². The number of carbonyl (C=O) groups is 3. The highest BCUT2D eigenvalue weighted by Crippen LogP contribution is 2.31. The van der Waals surface area contributed by atoms with Crippen LogP contribution in [0.25, 0.3) is 17.0 Å². The van der Waals surface area contributed by atoms with E-state index < -0.39 is 17.1 Å². The topological polar surface area (TPSA) is 112 Å². The van der Waals surface area contributed by atoms with Gasteiger partial charge in [-0.05, 0) is 35.5 Å². The summed E-state index contributed by atoms with van der Waals surface area (Å²) >= 11 is 0.848. The standard InChI is InChI=1S/C21H16N4O4S/c26-18-11-15(14-5-1-2-6-16(14)24-18)19(27)23-8-9-25-20(28)17(30-21(25)29)10-13-4-3-7-22-12-13/h1-7,10-12H,8-9H2,(H,23,27)(H,24,26)/b17-10+. The average molecular weight is 420 g/mol. The van der Waals surface area contributed by atoms with Crippen molar-refractivity contribution in [3.63, 3.8) is 0 Å². The van der Waals surface area contributed by atoms with Crippen molar-refractivity contribution in [3.05, 3.63) is 81.2 Å². The van der Waals surface area contributed by atoms with Gasteiger partial charge in [0.2, 0.25) is 5.56 Å². The first kappa shape index (κ1) is 19.6. The Morgan fingerprint density at radius 3 is 2.80 bits per heavy atom. The maximum atomic E-state index is 12.6. The van der Waals surface area contributed by atoms with Crippen LogP contribution in [0.15, 0.2) is 64.6 Å². The molecule has 3 amide bonds. The number of hydrogen-bond donors (Lipinski definition) is 2. The molecule has 3 heterocycles. The number of pyridine rings is 2. The minimum Gasteiger partial charge on any atom is -0.350 e. The van der Waals surface area contributed by atoms with Crippen molar-refractivity contribution in [2.45, 2.75) is 0 Å². The van der Waals surface area contributed by atoms with E-state index in [1.807, 2.05) is 0 Å². The molecule has 0 aliphatic carbocycles. The Kier molecular flexibility index (Phi) is 5.44. The lowest BCUT2D eigenvalue weighted by Gasteiger charge is -2.13. The van der Waals surface area contributed by atoms with Gasteiger partial charge in [-0.2, -0.15) is 0 Å². The van der Waals surface area contributed by atoms with E-state index in [0.29, 0.717) is 15.8 Å². The molecule has 0 bridgehead atoms. The first-order valence-electron chi connectivity index (χ1n) is 9.08. The van der Waals surface area contributed by atoms with E-state index in [4.69, 9.17) is 0 Å². The summed E-state index contributed by atoms with van der Waals surface area (Å²) < 4.78 is 0. The SMILES string of the molecule is O=C(NCCN1C(=O)S/C(=C/c2cccnc2)C1=O)c1cc(=O)[nH]c2ccccc12. The van der Waals surface area contributed by atoms with Crippen LogP contribution in [0.3, 0.4) is 0 Å². The van der Waals surface area contributed by atoms with E-state index >= 15 is 0 Å². The van der Waals surface area contributed by atoms with Crippen LogP contribution in [0, 0.1) is 0 Å². The summed E-state index contributed by atoms with van der Waals surface area (Å²) in [6.07, 6.45) is 4.83. The number of carbonyl (C=O) groups excluding carboxylic acids is 3. The van der Waals surface area contributed by atoms with Crippen molar-refractivity contribution in [3.8, 4) is 0 Å². The molecule has 30 heavy (non-hydrogen) atoms. The second kappa shape index (κ2) is 8.34. The lowest BCUT2D eigenvalue weighted by Crippen LogP contribution is -2.37. The van der Waals surface area contributed by atoms with Crippen LogP contribution < -0.4 is 10.9 Å². The fourth-order valence-corrected chi connectivity index (χ4v) is 3.94. The number of aromatic nitrogens is 2. The lowest BCUT2D eigenvalue weighted by molar-refractivity contribution is -0.122. The van der Waals surface area contributed by atoms with Crippen LogP contribution in [0.2, 0.25) is 0 Å². The molecule has 0 radical (unpaired) electrons. The van der Waals surface area contributed by atoms with Crippen LogP contribution in [0.5, 0.6) is 0 Å². The number of aromatic amines is 1. The first-order chi connectivity index (χ1) is 14.5. The summed E-state index contributed by atoms with van der Waals surface area (Å²) in [4.78, 5) is 57.2. The molecule has 9 heteroatoms. The largest absolute Gasteiger partial charge is 0.350 e. The van der Waals surface area contributed by atoms with Gasteiger partial charge in [0, 0.05) is 42.5 Å². The molecule has 1 saturated heterocycles. The molecule has 1 aliphatic rings. The molecule has 0 atom stereocenters. The third kappa shape index (κ3) is 4.01.